The minimum absolute atomic E-state index is 0.107. The molecule has 0 radical (unpaired) electrons. The lowest BCUT2D eigenvalue weighted by Gasteiger charge is -2.35. The molecule has 1 atom stereocenters. The number of H-pyrrole nitrogens is 1. The van der Waals surface area contributed by atoms with Gasteiger partial charge in [0.15, 0.2) is 0 Å². The molecule has 1 aromatic carbocycles. The summed E-state index contributed by atoms with van der Waals surface area (Å²) in [6.45, 7) is 1.82. The molecule has 27 heavy (non-hydrogen) atoms. The van der Waals surface area contributed by atoms with Crippen molar-refractivity contribution in [3.8, 4) is 5.69 Å². The molecule has 0 saturated heterocycles. The van der Waals surface area contributed by atoms with Crippen molar-refractivity contribution in [2.75, 3.05) is 6.54 Å². The first-order valence-electron chi connectivity index (χ1n) is 9.13. The van der Waals surface area contributed by atoms with Gasteiger partial charge in [-0.1, -0.05) is 18.2 Å². The maximum absolute atomic E-state index is 4.66. The second-order valence-electron chi connectivity index (χ2n) is 6.80. The average Bonchev–Trinajstić information content (AvgIpc) is 3.41. The molecule has 3 aromatic heterocycles. The van der Waals surface area contributed by atoms with Crippen LogP contribution in [0, 0.1) is 0 Å². The van der Waals surface area contributed by atoms with Gasteiger partial charge in [-0.05, 0) is 35.4 Å². The van der Waals surface area contributed by atoms with Crippen molar-refractivity contribution in [2.45, 2.75) is 19.0 Å². The third-order valence-electron chi connectivity index (χ3n) is 5.09. The van der Waals surface area contributed by atoms with Gasteiger partial charge in [0.1, 0.15) is 0 Å². The van der Waals surface area contributed by atoms with Gasteiger partial charge in [-0.2, -0.15) is 5.10 Å². The number of imidazole rings is 1. The van der Waals surface area contributed by atoms with E-state index in [0.29, 0.717) is 0 Å². The Bertz CT molecular complexity index is 1020. The van der Waals surface area contributed by atoms with E-state index in [0.717, 1.165) is 30.9 Å². The van der Waals surface area contributed by atoms with E-state index in [1.165, 1.54) is 16.8 Å². The van der Waals surface area contributed by atoms with Crippen LogP contribution in [0.5, 0.6) is 0 Å². The molecule has 1 unspecified atom stereocenters. The van der Waals surface area contributed by atoms with Crippen molar-refractivity contribution in [3.05, 3.63) is 96.1 Å². The summed E-state index contributed by atoms with van der Waals surface area (Å²) in [7, 11) is 0. The number of rotatable bonds is 4. The first kappa shape index (κ1) is 16.0. The van der Waals surface area contributed by atoms with Crippen molar-refractivity contribution < 1.29 is 0 Å². The highest BCUT2D eigenvalue weighted by atomic mass is 15.3. The Labute approximate surface area is 157 Å². The van der Waals surface area contributed by atoms with Crippen molar-refractivity contribution in [1.29, 1.82) is 0 Å². The van der Waals surface area contributed by atoms with Gasteiger partial charge in [0, 0.05) is 50.0 Å². The average molecular weight is 356 g/mol. The Morgan fingerprint density at radius 2 is 2.11 bits per heavy atom. The van der Waals surface area contributed by atoms with Crippen LogP contribution in [-0.4, -0.2) is 36.2 Å². The fraction of sp³-hybridized carbons (Fsp3) is 0.190. The summed E-state index contributed by atoms with van der Waals surface area (Å²) in [6, 6.07) is 14.7. The number of pyridine rings is 1. The van der Waals surface area contributed by atoms with Crippen LogP contribution in [0.1, 0.15) is 28.6 Å². The van der Waals surface area contributed by atoms with Crippen LogP contribution in [0.2, 0.25) is 0 Å². The Morgan fingerprint density at radius 3 is 2.96 bits per heavy atom. The number of aromatic nitrogens is 5. The van der Waals surface area contributed by atoms with Crippen molar-refractivity contribution in [3.63, 3.8) is 0 Å². The van der Waals surface area contributed by atoms with Crippen molar-refractivity contribution >= 4 is 0 Å². The molecule has 0 spiro atoms. The number of aromatic amines is 1. The number of fused-ring (bicyclic) bond motifs is 1. The molecule has 0 fully saturated rings. The summed E-state index contributed by atoms with van der Waals surface area (Å²) in [6.07, 6.45) is 10.3. The summed E-state index contributed by atoms with van der Waals surface area (Å²) in [5.74, 6) is 0. The van der Waals surface area contributed by atoms with E-state index in [2.05, 4.69) is 55.3 Å². The first-order chi connectivity index (χ1) is 13.4. The Hall–Kier alpha value is -3.25. The van der Waals surface area contributed by atoms with E-state index in [1.54, 1.807) is 6.20 Å². The lowest BCUT2D eigenvalue weighted by Crippen LogP contribution is -2.35. The molecule has 1 N–H and O–H groups in total. The Balaban J connectivity index is 1.55. The fourth-order valence-corrected chi connectivity index (χ4v) is 3.85. The molecule has 0 saturated carbocycles. The Kier molecular flexibility index (Phi) is 4.03. The van der Waals surface area contributed by atoms with Gasteiger partial charge in [-0.25, -0.2) is 9.67 Å². The number of nitrogens with zero attached hydrogens (tertiary/aromatic N) is 5. The second kappa shape index (κ2) is 6.81. The highest BCUT2D eigenvalue weighted by molar-refractivity contribution is 5.41. The third kappa shape index (κ3) is 3.04. The van der Waals surface area contributed by atoms with Crippen molar-refractivity contribution in [1.82, 2.24) is 29.6 Å². The zero-order valence-corrected chi connectivity index (χ0v) is 14.9. The van der Waals surface area contributed by atoms with Crippen LogP contribution in [0.4, 0.5) is 0 Å². The van der Waals surface area contributed by atoms with Gasteiger partial charge in [-0.15, -0.1) is 0 Å². The van der Waals surface area contributed by atoms with E-state index in [9.17, 15) is 0 Å². The summed E-state index contributed by atoms with van der Waals surface area (Å²) in [4.78, 5) is 14.7. The van der Waals surface area contributed by atoms with Gasteiger partial charge in [0.05, 0.1) is 23.8 Å². The molecule has 134 valence electrons. The van der Waals surface area contributed by atoms with Crippen LogP contribution in [0.25, 0.3) is 5.69 Å². The highest BCUT2D eigenvalue weighted by Crippen LogP contribution is 2.35. The van der Waals surface area contributed by atoms with Crippen LogP contribution >= 0.6 is 0 Å². The summed E-state index contributed by atoms with van der Waals surface area (Å²) in [5.41, 5.74) is 5.83. The lowest BCUT2D eigenvalue weighted by molar-refractivity contribution is 0.200. The first-order valence-corrected chi connectivity index (χ1v) is 9.13. The van der Waals surface area contributed by atoms with Crippen LogP contribution in [0.15, 0.2) is 73.6 Å². The SMILES string of the molecule is c1cncc(CN2CCc3[nH]cnc3C2c2cccc(-n3cccn3)c2)c1. The van der Waals surface area contributed by atoms with Gasteiger partial charge in [0.25, 0.3) is 0 Å². The minimum Gasteiger partial charge on any atom is -0.348 e. The number of benzene rings is 1. The van der Waals surface area contributed by atoms with Crippen LogP contribution in [0.3, 0.4) is 0 Å². The molecule has 4 heterocycles. The number of hydrogen-bond donors (Lipinski definition) is 1. The smallest absolute Gasteiger partial charge is 0.0926 e. The molecular weight excluding hydrogens is 336 g/mol. The number of hydrogen-bond acceptors (Lipinski definition) is 4. The molecule has 1 aliphatic rings. The maximum Gasteiger partial charge on any atom is 0.0926 e. The predicted octanol–water partition coefficient (Wildman–Crippen LogP) is 3.14. The molecule has 0 bridgehead atoms. The third-order valence-corrected chi connectivity index (χ3v) is 5.09. The zero-order chi connectivity index (χ0) is 18.1. The highest BCUT2D eigenvalue weighted by Gasteiger charge is 2.31. The van der Waals surface area contributed by atoms with E-state index in [1.807, 2.05) is 41.7 Å². The normalized spacial score (nSPS) is 17.0. The molecule has 0 aliphatic carbocycles. The molecule has 5 rings (SSSR count). The van der Waals surface area contributed by atoms with E-state index in [-0.39, 0.29) is 6.04 Å². The minimum atomic E-state index is 0.107. The van der Waals surface area contributed by atoms with Gasteiger partial charge >= 0.3 is 0 Å². The molecule has 6 nitrogen and oxygen atoms in total. The second-order valence-corrected chi connectivity index (χ2v) is 6.80. The molecular formula is C21H20N6. The molecule has 1 aliphatic heterocycles. The van der Waals surface area contributed by atoms with E-state index < -0.39 is 0 Å². The largest absolute Gasteiger partial charge is 0.348 e. The monoisotopic (exact) mass is 356 g/mol. The predicted molar refractivity (Wildman–Crippen MR) is 102 cm³/mol. The Morgan fingerprint density at radius 1 is 1.11 bits per heavy atom. The summed E-state index contributed by atoms with van der Waals surface area (Å²) in [5, 5.41) is 4.37. The van der Waals surface area contributed by atoms with Gasteiger partial charge in [-0.3, -0.25) is 9.88 Å². The topological polar surface area (TPSA) is 62.6 Å². The standard InChI is InChI=1S/C21H20N6/c1-5-17(12-18(6-1)27-10-3-9-25-27)21-20-19(23-15-24-20)7-11-26(21)14-16-4-2-8-22-13-16/h1-6,8-10,12-13,15,21H,7,11,14H2,(H,23,24). The zero-order valence-electron chi connectivity index (χ0n) is 14.9. The summed E-state index contributed by atoms with van der Waals surface area (Å²) >= 11 is 0. The van der Waals surface area contributed by atoms with Gasteiger partial charge in [0.2, 0.25) is 0 Å². The molecule has 4 aromatic rings. The summed E-state index contributed by atoms with van der Waals surface area (Å²) < 4.78 is 1.89. The van der Waals surface area contributed by atoms with E-state index >= 15 is 0 Å². The quantitative estimate of drug-likeness (QED) is 0.610. The number of nitrogens with one attached hydrogen (secondary N) is 1. The lowest BCUT2D eigenvalue weighted by atomic mass is 9.95. The van der Waals surface area contributed by atoms with Gasteiger partial charge < -0.3 is 4.98 Å². The fourth-order valence-electron chi connectivity index (χ4n) is 3.85. The van der Waals surface area contributed by atoms with Crippen molar-refractivity contribution in [2.24, 2.45) is 0 Å². The van der Waals surface area contributed by atoms with E-state index in [4.69, 9.17) is 0 Å². The van der Waals surface area contributed by atoms with Crippen LogP contribution < -0.4 is 0 Å². The van der Waals surface area contributed by atoms with Crippen LogP contribution in [-0.2, 0) is 13.0 Å². The maximum atomic E-state index is 4.66. The molecule has 0 amide bonds. The molecule has 6 heteroatoms.